The van der Waals surface area contributed by atoms with Crippen molar-refractivity contribution in [3.63, 3.8) is 0 Å². The molecular formula is C11H15N5O2S. The second-order valence-electron chi connectivity index (χ2n) is 4.33. The van der Waals surface area contributed by atoms with Crippen LogP contribution < -0.4 is 10.5 Å². The summed E-state index contributed by atoms with van der Waals surface area (Å²) in [5, 5.41) is 3.81. The topological polar surface area (TPSA) is 103 Å². The van der Waals surface area contributed by atoms with Crippen LogP contribution in [0.3, 0.4) is 0 Å². The van der Waals surface area contributed by atoms with Crippen molar-refractivity contribution in [1.29, 1.82) is 0 Å². The highest BCUT2D eigenvalue weighted by atomic mass is 32.2. The summed E-state index contributed by atoms with van der Waals surface area (Å²) in [6, 6.07) is 3.51. The molecule has 2 aromatic heterocycles. The van der Waals surface area contributed by atoms with Crippen molar-refractivity contribution in [3.05, 3.63) is 29.6 Å². The highest BCUT2D eigenvalue weighted by molar-refractivity contribution is 7.92. The Kier molecular flexibility index (Phi) is 3.19. The van der Waals surface area contributed by atoms with Crippen molar-refractivity contribution >= 4 is 21.7 Å². The Balaban J connectivity index is 2.39. The fourth-order valence-corrected chi connectivity index (χ4v) is 2.87. The van der Waals surface area contributed by atoms with Crippen molar-refractivity contribution in [2.75, 3.05) is 10.5 Å². The zero-order valence-corrected chi connectivity index (χ0v) is 11.7. The van der Waals surface area contributed by atoms with Crippen LogP contribution >= 0.6 is 0 Å². The molecule has 0 aliphatic rings. The van der Waals surface area contributed by atoms with Gasteiger partial charge in [-0.3, -0.25) is 9.40 Å². The smallest absolute Gasteiger partial charge is 0.268 e. The fraction of sp³-hybridized carbons (Fsp3) is 0.273. The Bertz CT molecular complexity index is 700. The maximum absolute atomic E-state index is 12.2. The van der Waals surface area contributed by atoms with E-state index in [1.807, 2.05) is 13.0 Å². The number of nitrogens with one attached hydrogen (secondary N) is 1. The van der Waals surface area contributed by atoms with Crippen LogP contribution in [-0.2, 0) is 17.1 Å². The van der Waals surface area contributed by atoms with Gasteiger partial charge < -0.3 is 5.73 Å². The molecule has 0 aliphatic heterocycles. The van der Waals surface area contributed by atoms with Crippen LogP contribution in [0.1, 0.15) is 11.3 Å². The molecule has 0 saturated heterocycles. The van der Waals surface area contributed by atoms with Crippen LogP contribution in [0.4, 0.5) is 11.6 Å². The second kappa shape index (κ2) is 4.54. The summed E-state index contributed by atoms with van der Waals surface area (Å²) < 4.78 is 28.1. The van der Waals surface area contributed by atoms with Crippen LogP contribution in [0.2, 0.25) is 0 Å². The summed E-state index contributed by atoms with van der Waals surface area (Å²) in [6.45, 7) is 3.66. The molecule has 0 aliphatic carbocycles. The lowest BCUT2D eigenvalue weighted by atomic mass is 10.2. The number of aryl methyl sites for hydroxylation is 3. The first-order valence-corrected chi connectivity index (χ1v) is 7.03. The molecule has 2 rings (SSSR count). The molecule has 19 heavy (non-hydrogen) atoms. The average molecular weight is 281 g/mol. The number of nitrogens with zero attached hydrogens (tertiary/aromatic N) is 3. The molecule has 0 fully saturated rings. The molecule has 0 bridgehead atoms. The Hall–Kier alpha value is -2.09. The Morgan fingerprint density at radius 3 is 2.53 bits per heavy atom. The highest BCUT2D eigenvalue weighted by Crippen LogP contribution is 2.19. The van der Waals surface area contributed by atoms with Crippen LogP contribution in [-0.4, -0.2) is 23.2 Å². The van der Waals surface area contributed by atoms with Gasteiger partial charge in [-0.05, 0) is 31.5 Å². The molecule has 0 unspecified atom stereocenters. The lowest BCUT2D eigenvalue weighted by molar-refractivity contribution is 0.601. The number of rotatable bonds is 3. The van der Waals surface area contributed by atoms with Crippen LogP contribution in [0.15, 0.2) is 23.2 Å². The summed E-state index contributed by atoms with van der Waals surface area (Å²) >= 11 is 0. The van der Waals surface area contributed by atoms with Crippen LogP contribution in [0.25, 0.3) is 0 Å². The maximum atomic E-state index is 12.2. The zero-order chi connectivity index (χ0) is 14.2. The van der Waals surface area contributed by atoms with Gasteiger partial charge in [0.1, 0.15) is 10.7 Å². The number of hydrogen-bond donors (Lipinski definition) is 2. The number of nitrogens with two attached hydrogens (primary N) is 1. The molecular weight excluding hydrogens is 266 g/mol. The number of nitrogen functional groups attached to an aromatic ring is 1. The molecule has 0 spiro atoms. The van der Waals surface area contributed by atoms with E-state index in [-0.39, 0.29) is 16.5 Å². The number of pyridine rings is 1. The predicted molar refractivity (Wildman–Crippen MR) is 72.1 cm³/mol. The first-order chi connectivity index (χ1) is 8.78. The minimum absolute atomic E-state index is 0.0422. The molecule has 7 nitrogen and oxygen atoms in total. The Morgan fingerprint density at radius 1 is 1.32 bits per heavy atom. The lowest BCUT2D eigenvalue weighted by Gasteiger charge is -2.07. The predicted octanol–water partition coefficient (Wildman–Crippen LogP) is 0.815. The highest BCUT2D eigenvalue weighted by Gasteiger charge is 2.21. The van der Waals surface area contributed by atoms with Gasteiger partial charge in [-0.2, -0.15) is 5.10 Å². The minimum Gasteiger partial charge on any atom is -0.381 e. The molecule has 0 aromatic carbocycles. The van der Waals surface area contributed by atoms with E-state index in [1.54, 1.807) is 20.0 Å². The standard InChI is InChI=1S/C11H15N5O2S/c1-7-4-8(2)13-10(5-7)15-19(17,18)9-6-16(3)14-11(9)12/h4-6H,1-3H3,(H2,12,14)(H,13,15). The summed E-state index contributed by atoms with van der Waals surface area (Å²) in [5.41, 5.74) is 7.22. The monoisotopic (exact) mass is 281 g/mol. The molecule has 0 atom stereocenters. The molecule has 0 amide bonds. The van der Waals surface area contributed by atoms with E-state index in [2.05, 4.69) is 14.8 Å². The molecule has 102 valence electrons. The fourth-order valence-electron chi connectivity index (χ4n) is 1.78. The van der Waals surface area contributed by atoms with Gasteiger partial charge in [0.15, 0.2) is 5.82 Å². The lowest BCUT2D eigenvalue weighted by Crippen LogP contribution is -2.15. The number of anilines is 2. The van der Waals surface area contributed by atoms with Crippen molar-refractivity contribution in [2.24, 2.45) is 7.05 Å². The maximum Gasteiger partial charge on any atom is 0.268 e. The van der Waals surface area contributed by atoms with Gasteiger partial charge in [0.2, 0.25) is 0 Å². The summed E-state index contributed by atoms with van der Waals surface area (Å²) in [6.07, 6.45) is 1.35. The van der Waals surface area contributed by atoms with Gasteiger partial charge in [-0.15, -0.1) is 0 Å². The van der Waals surface area contributed by atoms with Gasteiger partial charge in [0.25, 0.3) is 10.0 Å². The number of sulfonamides is 1. The van der Waals surface area contributed by atoms with E-state index in [9.17, 15) is 8.42 Å². The molecule has 2 aromatic rings. The summed E-state index contributed by atoms with van der Waals surface area (Å²) in [5.74, 6) is 0.222. The summed E-state index contributed by atoms with van der Waals surface area (Å²) in [4.78, 5) is 4.06. The van der Waals surface area contributed by atoms with Gasteiger partial charge in [-0.25, -0.2) is 13.4 Å². The zero-order valence-electron chi connectivity index (χ0n) is 10.9. The SMILES string of the molecule is Cc1cc(C)nc(NS(=O)(=O)c2cn(C)nc2N)c1. The molecule has 0 saturated carbocycles. The van der Waals surface area contributed by atoms with Crippen molar-refractivity contribution in [1.82, 2.24) is 14.8 Å². The van der Waals surface area contributed by atoms with E-state index in [0.29, 0.717) is 0 Å². The van der Waals surface area contributed by atoms with Crippen molar-refractivity contribution < 1.29 is 8.42 Å². The van der Waals surface area contributed by atoms with E-state index in [1.165, 1.54) is 10.9 Å². The molecule has 3 N–H and O–H groups in total. The molecule has 8 heteroatoms. The first kappa shape index (κ1) is 13.3. The molecule has 2 heterocycles. The first-order valence-electron chi connectivity index (χ1n) is 5.55. The van der Waals surface area contributed by atoms with Crippen molar-refractivity contribution in [2.45, 2.75) is 18.7 Å². The average Bonchev–Trinajstić information content (AvgIpc) is 2.56. The van der Waals surface area contributed by atoms with Crippen molar-refractivity contribution in [3.8, 4) is 0 Å². The van der Waals surface area contributed by atoms with E-state index in [4.69, 9.17) is 5.73 Å². The van der Waals surface area contributed by atoms with Gasteiger partial charge in [0, 0.05) is 18.9 Å². The third-order valence-corrected chi connectivity index (χ3v) is 3.82. The number of aromatic nitrogens is 3. The van der Waals surface area contributed by atoms with E-state index >= 15 is 0 Å². The minimum atomic E-state index is -3.78. The Morgan fingerprint density at radius 2 is 2.00 bits per heavy atom. The molecule has 0 radical (unpaired) electrons. The third kappa shape index (κ3) is 2.84. The van der Waals surface area contributed by atoms with Gasteiger partial charge in [0.05, 0.1) is 0 Å². The van der Waals surface area contributed by atoms with Crippen LogP contribution in [0.5, 0.6) is 0 Å². The van der Waals surface area contributed by atoms with Crippen LogP contribution in [0, 0.1) is 13.8 Å². The summed E-state index contributed by atoms with van der Waals surface area (Å²) in [7, 11) is -2.18. The van der Waals surface area contributed by atoms with E-state index in [0.717, 1.165) is 11.3 Å². The quantitative estimate of drug-likeness (QED) is 0.866. The normalized spacial score (nSPS) is 11.5. The van der Waals surface area contributed by atoms with Gasteiger partial charge in [-0.1, -0.05) is 0 Å². The number of hydrogen-bond acceptors (Lipinski definition) is 5. The van der Waals surface area contributed by atoms with E-state index < -0.39 is 10.0 Å². The largest absolute Gasteiger partial charge is 0.381 e. The second-order valence-corrected chi connectivity index (χ2v) is 5.98. The third-order valence-electron chi connectivity index (χ3n) is 2.45. The van der Waals surface area contributed by atoms with Gasteiger partial charge >= 0.3 is 0 Å². The Labute approximate surface area is 111 Å².